The first-order valence-electron chi connectivity index (χ1n) is 7.68. The largest absolute Gasteiger partial charge is 0.280 e. The molecule has 22 heavy (non-hydrogen) atoms. The summed E-state index contributed by atoms with van der Waals surface area (Å²) in [6, 6.07) is 16.1. The van der Waals surface area contributed by atoms with Crippen LogP contribution in [-0.2, 0) is 12.8 Å². The monoisotopic (exact) mass is 401 g/mol. The summed E-state index contributed by atoms with van der Waals surface area (Å²) >= 11 is 2.25. The van der Waals surface area contributed by atoms with E-state index in [0.717, 1.165) is 27.5 Å². The average molecular weight is 401 g/mol. The molecule has 0 bridgehead atoms. The van der Waals surface area contributed by atoms with Crippen molar-refractivity contribution in [2.24, 2.45) is 0 Å². The molecule has 0 fully saturated rings. The van der Waals surface area contributed by atoms with E-state index >= 15 is 0 Å². The van der Waals surface area contributed by atoms with Gasteiger partial charge in [0.05, 0.1) is 11.1 Å². The number of fused-ring (bicyclic) bond motifs is 3. The van der Waals surface area contributed by atoms with Gasteiger partial charge in [0.2, 0.25) is 0 Å². The number of benzene rings is 2. The second-order valence-corrected chi connectivity index (χ2v) is 6.93. The van der Waals surface area contributed by atoms with Crippen LogP contribution in [0.15, 0.2) is 48.5 Å². The Morgan fingerprint density at radius 3 is 2.55 bits per heavy atom. The zero-order chi connectivity index (χ0) is 15.1. The molecule has 0 unspecified atom stereocenters. The summed E-state index contributed by atoms with van der Waals surface area (Å²) in [5, 5.41) is 1.25. The summed E-state index contributed by atoms with van der Waals surface area (Å²) in [5.41, 5.74) is 4.44. The van der Waals surface area contributed by atoms with Crippen molar-refractivity contribution < 1.29 is 4.79 Å². The van der Waals surface area contributed by atoms with Gasteiger partial charge in [0, 0.05) is 14.7 Å². The minimum absolute atomic E-state index is 0.101. The molecule has 3 aromatic rings. The number of aromatic nitrogens is 1. The van der Waals surface area contributed by atoms with Gasteiger partial charge in [0.15, 0.2) is 0 Å². The third-order valence-electron chi connectivity index (χ3n) is 4.49. The Morgan fingerprint density at radius 1 is 0.955 bits per heavy atom. The maximum absolute atomic E-state index is 13.2. The van der Waals surface area contributed by atoms with Gasteiger partial charge in [-0.15, -0.1) is 0 Å². The van der Waals surface area contributed by atoms with E-state index in [1.165, 1.54) is 29.5 Å². The zero-order valence-corrected chi connectivity index (χ0v) is 14.3. The van der Waals surface area contributed by atoms with E-state index in [-0.39, 0.29) is 5.91 Å². The molecular formula is C19H16INO. The highest BCUT2D eigenvalue weighted by Gasteiger charge is 2.24. The molecule has 0 spiro atoms. The molecule has 0 saturated carbocycles. The SMILES string of the molecule is O=C(c1ccccc1I)n1c2c(c3ccccc31)CCCC2. The van der Waals surface area contributed by atoms with Crippen molar-refractivity contribution in [3.63, 3.8) is 0 Å². The van der Waals surface area contributed by atoms with Gasteiger partial charge in [-0.25, -0.2) is 0 Å². The van der Waals surface area contributed by atoms with E-state index in [1.807, 2.05) is 34.9 Å². The molecule has 110 valence electrons. The van der Waals surface area contributed by atoms with Gasteiger partial charge in [-0.05, 0) is 72.0 Å². The van der Waals surface area contributed by atoms with Crippen molar-refractivity contribution in [3.05, 3.63) is 68.9 Å². The van der Waals surface area contributed by atoms with Crippen molar-refractivity contribution in [3.8, 4) is 0 Å². The molecule has 4 rings (SSSR count). The lowest BCUT2D eigenvalue weighted by molar-refractivity contribution is 0.0960. The zero-order valence-electron chi connectivity index (χ0n) is 12.2. The molecule has 0 radical (unpaired) electrons. The number of carbonyl (C=O) groups excluding carboxylic acids is 1. The molecule has 0 N–H and O–H groups in total. The van der Waals surface area contributed by atoms with Gasteiger partial charge in [-0.1, -0.05) is 30.3 Å². The molecule has 1 heterocycles. The van der Waals surface area contributed by atoms with Crippen LogP contribution >= 0.6 is 22.6 Å². The lowest BCUT2D eigenvalue weighted by Crippen LogP contribution is -2.18. The van der Waals surface area contributed by atoms with Crippen LogP contribution < -0.4 is 0 Å². The Hall–Kier alpha value is -1.62. The molecule has 3 heteroatoms. The number of rotatable bonds is 1. The van der Waals surface area contributed by atoms with Crippen molar-refractivity contribution >= 4 is 39.4 Å². The standard InChI is InChI=1S/C19H16INO/c20-16-10-4-1-9-15(16)19(22)21-17-11-5-2-7-13(17)14-8-3-6-12-18(14)21/h1-2,4-5,7,9-11H,3,6,8,12H2. The van der Waals surface area contributed by atoms with E-state index in [0.29, 0.717) is 0 Å². The number of carbonyl (C=O) groups is 1. The lowest BCUT2D eigenvalue weighted by atomic mass is 9.95. The van der Waals surface area contributed by atoms with Crippen LogP contribution in [0.1, 0.15) is 34.5 Å². The third kappa shape index (κ3) is 2.10. The summed E-state index contributed by atoms with van der Waals surface area (Å²) in [7, 11) is 0. The average Bonchev–Trinajstić information content (AvgIpc) is 2.89. The van der Waals surface area contributed by atoms with Crippen LogP contribution in [0.3, 0.4) is 0 Å². The lowest BCUT2D eigenvalue weighted by Gasteiger charge is -2.15. The van der Waals surface area contributed by atoms with Crippen LogP contribution in [0.5, 0.6) is 0 Å². The van der Waals surface area contributed by atoms with Crippen LogP contribution in [0.4, 0.5) is 0 Å². The summed E-state index contributed by atoms with van der Waals surface area (Å²) in [4.78, 5) is 13.2. The minimum atomic E-state index is 0.101. The predicted octanol–water partition coefficient (Wildman–Crippen LogP) is 4.81. The first-order chi connectivity index (χ1) is 10.8. The van der Waals surface area contributed by atoms with Crippen LogP contribution in [0.25, 0.3) is 10.9 Å². The Morgan fingerprint density at radius 2 is 1.68 bits per heavy atom. The smallest absolute Gasteiger partial charge is 0.263 e. The predicted molar refractivity (Wildman–Crippen MR) is 97.5 cm³/mol. The topological polar surface area (TPSA) is 22.0 Å². The van der Waals surface area contributed by atoms with Crippen LogP contribution in [0.2, 0.25) is 0 Å². The van der Waals surface area contributed by atoms with E-state index in [1.54, 1.807) is 0 Å². The number of halogens is 1. The normalized spacial score (nSPS) is 14.0. The number of hydrogen-bond acceptors (Lipinski definition) is 1. The molecular weight excluding hydrogens is 385 g/mol. The van der Waals surface area contributed by atoms with Gasteiger partial charge < -0.3 is 0 Å². The summed E-state index contributed by atoms with van der Waals surface area (Å²) in [6.45, 7) is 0. The second-order valence-electron chi connectivity index (χ2n) is 5.77. The summed E-state index contributed by atoms with van der Waals surface area (Å²) in [6.07, 6.45) is 4.47. The van der Waals surface area contributed by atoms with E-state index < -0.39 is 0 Å². The van der Waals surface area contributed by atoms with Crippen LogP contribution in [0, 0.1) is 3.57 Å². The van der Waals surface area contributed by atoms with Crippen LogP contribution in [-0.4, -0.2) is 10.5 Å². The molecule has 0 saturated heterocycles. The second kappa shape index (κ2) is 5.54. The Labute approximate surface area is 143 Å². The maximum Gasteiger partial charge on any atom is 0.263 e. The van der Waals surface area contributed by atoms with E-state index in [4.69, 9.17) is 0 Å². The fourth-order valence-corrected chi connectivity index (χ4v) is 4.10. The fraction of sp³-hybridized carbons (Fsp3) is 0.211. The molecule has 2 aromatic carbocycles. The summed E-state index contributed by atoms with van der Waals surface area (Å²) < 4.78 is 2.97. The molecule has 1 aromatic heterocycles. The fourth-order valence-electron chi connectivity index (χ4n) is 3.48. The highest BCUT2D eigenvalue weighted by atomic mass is 127. The Balaban J connectivity index is 1.99. The maximum atomic E-state index is 13.2. The van der Waals surface area contributed by atoms with Crippen molar-refractivity contribution in [2.45, 2.75) is 25.7 Å². The van der Waals surface area contributed by atoms with Gasteiger partial charge in [0.25, 0.3) is 5.91 Å². The third-order valence-corrected chi connectivity index (χ3v) is 5.43. The van der Waals surface area contributed by atoms with Crippen molar-refractivity contribution in [1.82, 2.24) is 4.57 Å². The van der Waals surface area contributed by atoms with E-state index in [2.05, 4.69) is 40.8 Å². The first kappa shape index (κ1) is 14.0. The van der Waals surface area contributed by atoms with Gasteiger partial charge in [0.1, 0.15) is 0 Å². The molecule has 1 aliphatic carbocycles. The molecule has 0 aliphatic heterocycles. The number of aryl methyl sites for hydroxylation is 1. The molecule has 1 aliphatic rings. The minimum Gasteiger partial charge on any atom is -0.280 e. The number of nitrogens with zero attached hydrogens (tertiary/aromatic N) is 1. The van der Waals surface area contributed by atoms with Gasteiger partial charge in [-0.3, -0.25) is 9.36 Å². The van der Waals surface area contributed by atoms with Gasteiger partial charge >= 0.3 is 0 Å². The number of hydrogen-bond donors (Lipinski definition) is 0. The molecule has 2 nitrogen and oxygen atoms in total. The highest BCUT2D eigenvalue weighted by molar-refractivity contribution is 14.1. The Kier molecular flexibility index (Phi) is 3.53. The van der Waals surface area contributed by atoms with Crippen molar-refractivity contribution in [2.75, 3.05) is 0 Å². The first-order valence-corrected chi connectivity index (χ1v) is 8.75. The summed E-state index contributed by atoms with van der Waals surface area (Å²) in [5.74, 6) is 0.101. The molecule has 0 atom stereocenters. The quantitative estimate of drug-likeness (QED) is 0.537. The molecule has 0 amide bonds. The van der Waals surface area contributed by atoms with E-state index in [9.17, 15) is 4.79 Å². The van der Waals surface area contributed by atoms with Gasteiger partial charge in [-0.2, -0.15) is 0 Å². The van der Waals surface area contributed by atoms with Crippen molar-refractivity contribution in [1.29, 1.82) is 0 Å². The Bertz CT molecular complexity index is 878. The highest BCUT2D eigenvalue weighted by Crippen LogP contribution is 2.33. The number of para-hydroxylation sites is 1.